The van der Waals surface area contributed by atoms with E-state index in [0.29, 0.717) is 0 Å². The summed E-state index contributed by atoms with van der Waals surface area (Å²) in [7, 11) is 0. The molecule has 0 heterocycles. The molecule has 4 aliphatic rings. The maximum Gasteiger partial charge on any atom is 0.0726 e. The molecule has 0 atom stereocenters. The van der Waals surface area contributed by atoms with Crippen LogP contribution in [-0.2, 0) is 10.8 Å². The van der Waals surface area contributed by atoms with Gasteiger partial charge in [0.1, 0.15) is 0 Å². The van der Waals surface area contributed by atoms with Crippen LogP contribution in [0, 0.1) is 0 Å². The van der Waals surface area contributed by atoms with Crippen LogP contribution in [0.3, 0.4) is 0 Å². The fourth-order valence-corrected chi connectivity index (χ4v) is 15.4. The molecule has 1 fully saturated rings. The number of nitrogens with zero attached hydrogens (tertiary/aromatic N) is 1. The second kappa shape index (κ2) is 15.3. The molecular weight excluding hydrogens is 903 g/mol. The maximum absolute atomic E-state index is 2.72. The minimum atomic E-state index is -0.530. The van der Waals surface area contributed by atoms with Gasteiger partial charge in [-0.2, -0.15) is 0 Å². The van der Waals surface area contributed by atoms with Crippen LogP contribution in [0.5, 0.6) is 0 Å². The summed E-state index contributed by atoms with van der Waals surface area (Å²) in [6.07, 6.45) is 4.70. The van der Waals surface area contributed by atoms with Gasteiger partial charge in [0, 0.05) is 16.7 Å². The van der Waals surface area contributed by atoms with Crippen LogP contribution in [0.1, 0.15) is 59.1 Å². The third kappa shape index (κ3) is 5.42. The molecule has 0 aliphatic heterocycles. The Hall–Kier alpha value is -9.04. The van der Waals surface area contributed by atoms with Crippen LogP contribution in [0.4, 0.5) is 17.1 Å². The van der Waals surface area contributed by atoms with Crippen molar-refractivity contribution in [3.8, 4) is 44.5 Å². The summed E-state index contributed by atoms with van der Waals surface area (Å²) < 4.78 is 0. The normalized spacial score (nSPS) is 14.9. The predicted molar refractivity (Wildman–Crippen MR) is 315 cm³/mol. The van der Waals surface area contributed by atoms with Crippen molar-refractivity contribution in [1.82, 2.24) is 0 Å². The number of hydrogen-bond donors (Lipinski definition) is 0. The zero-order chi connectivity index (χ0) is 49.0. The largest absolute Gasteiger partial charge is 0.310 e. The Balaban J connectivity index is 1.05. The molecule has 13 aromatic carbocycles. The molecule has 0 amide bonds. The van der Waals surface area contributed by atoms with Crippen LogP contribution < -0.4 is 4.90 Å². The number of anilines is 3. The van der Waals surface area contributed by atoms with E-state index in [4.69, 9.17) is 0 Å². The van der Waals surface area contributed by atoms with Crippen molar-refractivity contribution in [2.45, 2.75) is 36.5 Å². The summed E-state index contributed by atoms with van der Waals surface area (Å²) in [5.41, 5.74) is 21.7. The van der Waals surface area contributed by atoms with E-state index in [9.17, 15) is 0 Å². The summed E-state index contributed by atoms with van der Waals surface area (Å²) in [5, 5.41) is 12.7. The predicted octanol–water partition coefficient (Wildman–Crippen LogP) is 19.8. The minimum Gasteiger partial charge on any atom is -0.310 e. The molecule has 0 aromatic heterocycles. The molecule has 0 bridgehead atoms. The highest BCUT2D eigenvalue weighted by Gasteiger charge is 2.53. The van der Waals surface area contributed by atoms with Crippen molar-refractivity contribution in [3.05, 3.63) is 282 Å². The molecule has 4 aliphatic carbocycles. The van der Waals surface area contributed by atoms with Crippen molar-refractivity contribution in [3.63, 3.8) is 0 Å². The fraction of sp³-hybridized carbons (Fsp3) is 0.0811. The smallest absolute Gasteiger partial charge is 0.0726 e. The Kier molecular flexibility index (Phi) is 8.43. The quantitative estimate of drug-likeness (QED) is 0.159. The number of rotatable bonds is 4. The zero-order valence-corrected chi connectivity index (χ0v) is 41.4. The number of hydrogen-bond acceptors (Lipinski definition) is 1. The maximum atomic E-state index is 2.72. The molecule has 17 rings (SSSR count). The third-order valence-corrected chi connectivity index (χ3v) is 18.3. The fourth-order valence-electron chi connectivity index (χ4n) is 15.4. The Morgan fingerprint density at radius 2 is 0.773 bits per heavy atom. The van der Waals surface area contributed by atoms with Crippen LogP contribution >= 0.6 is 0 Å². The van der Waals surface area contributed by atoms with Crippen LogP contribution in [0.25, 0.3) is 98.4 Å². The second-order valence-corrected chi connectivity index (χ2v) is 21.7. The number of fused-ring (bicyclic) bond motifs is 24. The first-order valence-electron chi connectivity index (χ1n) is 27.0. The van der Waals surface area contributed by atoms with E-state index in [2.05, 4.69) is 254 Å². The summed E-state index contributed by atoms with van der Waals surface area (Å²) in [4.78, 5) is 2.72. The molecule has 0 unspecified atom stereocenters. The van der Waals surface area contributed by atoms with Gasteiger partial charge in [0.15, 0.2) is 0 Å². The standard InChI is InChI=1S/C74H49N/c1-2-19-50-46(18-1)34-35-47-36-37-48(42-61(47)50)62-44-64-59-27-10-14-32-68(59)74(66-30-12-8-24-56(66)57-25-9-13-31-67(57)74)69(64)45-71(62)75(70-33-17-28-60-58-26-7-11-29-65(58)73(72(60)70)40-15-16-41-73)49-38-39-55-53-22-4-3-20-51(53)52-21-5-6-23-54(52)63(55)43-49/h1-14,17-39,42-45H,15-16,40-41H2. The first kappa shape index (κ1) is 41.4. The van der Waals surface area contributed by atoms with Crippen LogP contribution in [-0.4, -0.2) is 0 Å². The third-order valence-electron chi connectivity index (χ3n) is 18.3. The Morgan fingerprint density at radius 3 is 1.43 bits per heavy atom. The van der Waals surface area contributed by atoms with Gasteiger partial charge in [-0.3, -0.25) is 0 Å². The van der Waals surface area contributed by atoms with E-state index < -0.39 is 5.41 Å². The van der Waals surface area contributed by atoms with Gasteiger partial charge >= 0.3 is 0 Å². The highest BCUT2D eigenvalue weighted by molar-refractivity contribution is 6.26. The van der Waals surface area contributed by atoms with E-state index in [1.165, 1.54) is 156 Å². The Labute approximate surface area is 436 Å². The van der Waals surface area contributed by atoms with Gasteiger partial charge in [0.2, 0.25) is 0 Å². The van der Waals surface area contributed by atoms with Gasteiger partial charge in [-0.25, -0.2) is 0 Å². The summed E-state index contributed by atoms with van der Waals surface area (Å²) in [6, 6.07) is 95.6. The minimum absolute atomic E-state index is 0.0972. The Morgan fingerprint density at radius 1 is 0.280 bits per heavy atom. The van der Waals surface area contributed by atoms with Crippen molar-refractivity contribution in [2.75, 3.05) is 4.90 Å². The highest BCUT2D eigenvalue weighted by Crippen LogP contribution is 2.66. The molecule has 0 saturated heterocycles. The molecule has 1 heteroatoms. The van der Waals surface area contributed by atoms with Crippen molar-refractivity contribution in [2.24, 2.45) is 0 Å². The lowest BCUT2D eigenvalue weighted by molar-refractivity contribution is 0.550. The molecule has 350 valence electrons. The lowest BCUT2D eigenvalue weighted by atomic mass is 9.70. The van der Waals surface area contributed by atoms with E-state index >= 15 is 0 Å². The second-order valence-electron chi connectivity index (χ2n) is 21.7. The van der Waals surface area contributed by atoms with Crippen LogP contribution in [0.2, 0.25) is 0 Å². The first-order valence-corrected chi connectivity index (χ1v) is 27.0. The topological polar surface area (TPSA) is 3.24 Å². The molecule has 1 saturated carbocycles. The highest BCUT2D eigenvalue weighted by atomic mass is 15.2. The van der Waals surface area contributed by atoms with E-state index in [1.807, 2.05) is 0 Å². The molecule has 2 spiro atoms. The molecule has 13 aromatic rings. The Bertz CT molecular complexity index is 4540. The van der Waals surface area contributed by atoms with E-state index in [0.717, 1.165) is 18.5 Å². The number of benzene rings is 13. The van der Waals surface area contributed by atoms with E-state index in [1.54, 1.807) is 0 Å². The SMILES string of the molecule is c1ccc2c(c1)-c1cccc(N(c3ccc4c5ccccc5c5ccccc5c4c3)c3cc4c(cc3-c3ccc5ccc6ccccc6c5c3)-c3ccccc3C43c4ccccc4-c4ccccc43)c1C21CCCC1. The van der Waals surface area contributed by atoms with Gasteiger partial charge in [0.05, 0.1) is 16.8 Å². The van der Waals surface area contributed by atoms with Gasteiger partial charge < -0.3 is 4.90 Å². The summed E-state index contributed by atoms with van der Waals surface area (Å²) in [6.45, 7) is 0. The van der Waals surface area contributed by atoms with Gasteiger partial charge in [-0.1, -0.05) is 225 Å². The van der Waals surface area contributed by atoms with Gasteiger partial charge in [-0.05, 0) is 175 Å². The van der Waals surface area contributed by atoms with Crippen molar-refractivity contribution >= 4 is 70.9 Å². The lowest BCUT2D eigenvalue weighted by Gasteiger charge is -2.36. The van der Waals surface area contributed by atoms with E-state index in [-0.39, 0.29) is 5.41 Å². The molecule has 75 heavy (non-hydrogen) atoms. The molecule has 1 nitrogen and oxygen atoms in total. The van der Waals surface area contributed by atoms with Crippen molar-refractivity contribution < 1.29 is 0 Å². The molecular formula is C74H49N. The summed E-state index contributed by atoms with van der Waals surface area (Å²) in [5.74, 6) is 0. The van der Waals surface area contributed by atoms with Crippen molar-refractivity contribution in [1.29, 1.82) is 0 Å². The average molecular weight is 952 g/mol. The first-order chi connectivity index (χ1) is 37.2. The average Bonchev–Trinajstić information content (AvgIpc) is 4.39. The molecule has 0 N–H and O–H groups in total. The monoisotopic (exact) mass is 951 g/mol. The zero-order valence-electron chi connectivity index (χ0n) is 41.4. The summed E-state index contributed by atoms with van der Waals surface area (Å²) >= 11 is 0. The molecule has 0 radical (unpaired) electrons. The van der Waals surface area contributed by atoms with Gasteiger partial charge in [-0.15, -0.1) is 0 Å². The van der Waals surface area contributed by atoms with Crippen LogP contribution in [0.15, 0.2) is 249 Å². The lowest BCUT2D eigenvalue weighted by Crippen LogP contribution is -2.27. The van der Waals surface area contributed by atoms with Gasteiger partial charge in [0.25, 0.3) is 0 Å².